The predicted octanol–water partition coefficient (Wildman–Crippen LogP) is 3.71. The average molecular weight is 358 g/mol. The number of aryl methyl sites for hydroxylation is 1. The Morgan fingerprint density at radius 3 is 2.60 bits per heavy atom. The van der Waals surface area contributed by atoms with Crippen LogP contribution in [0.5, 0.6) is 0 Å². The molecule has 3 rings (SSSR count). The van der Waals surface area contributed by atoms with Crippen molar-refractivity contribution in [3.8, 4) is 0 Å². The molecule has 0 bridgehead atoms. The van der Waals surface area contributed by atoms with Crippen LogP contribution in [0.4, 0.5) is 5.69 Å². The summed E-state index contributed by atoms with van der Waals surface area (Å²) in [6, 6.07) is 10.1. The predicted molar refractivity (Wildman–Crippen MR) is 93.6 cm³/mol. The Labute approximate surface area is 146 Å². The summed E-state index contributed by atoms with van der Waals surface area (Å²) in [6.45, 7) is 1.66. The third-order valence-electron chi connectivity index (χ3n) is 3.65. The molecule has 2 aromatic carbocycles. The van der Waals surface area contributed by atoms with E-state index in [1.165, 1.54) is 18.2 Å². The van der Waals surface area contributed by atoms with E-state index in [0.717, 1.165) is 6.07 Å². The van der Waals surface area contributed by atoms with E-state index < -0.39 is 11.9 Å². The van der Waals surface area contributed by atoms with E-state index in [4.69, 9.17) is 21.1 Å². The number of halogens is 1. The molecule has 0 saturated carbocycles. The second kappa shape index (κ2) is 6.41. The fourth-order valence-electron chi connectivity index (χ4n) is 2.38. The lowest BCUT2D eigenvalue weighted by Crippen LogP contribution is -2.16. The highest BCUT2D eigenvalue weighted by Crippen LogP contribution is 2.23. The molecule has 0 aliphatic rings. The van der Waals surface area contributed by atoms with Crippen molar-refractivity contribution in [2.24, 2.45) is 0 Å². The third-order valence-corrected chi connectivity index (χ3v) is 3.95. The first-order chi connectivity index (χ1) is 11.9. The number of hydrogen-bond donors (Lipinski definition) is 2. The number of anilines is 1. The molecule has 0 aliphatic heterocycles. The normalized spacial score (nSPS) is 10.6. The minimum atomic E-state index is -1.06. The number of fused-ring (bicyclic) bond motifs is 1. The van der Waals surface area contributed by atoms with E-state index >= 15 is 0 Å². The van der Waals surface area contributed by atoms with Gasteiger partial charge in [-0.05, 0) is 42.8 Å². The monoisotopic (exact) mass is 357 g/mol. The molecular formula is C18H12ClNO5. The number of benzene rings is 2. The topological polar surface area (TPSA) is 96.6 Å². The third kappa shape index (κ3) is 3.25. The molecule has 0 atom stereocenters. The van der Waals surface area contributed by atoms with Gasteiger partial charge in [-0.1, -0.05) is 17.7 Å². The highest BCUT2D eigenvalue weighted by Gasteiger charge is 2.15. The first-order valence-electron chi connectivity index (χ1n) is 7.24. The Balaban J connectivity index is 1.97. The fraction of sp³-hybridized carbons (Fsp3) is 0.0556. The quantitative estimate of drug-likeness (QED) is 0.744. The second-order valence-corrected chi connectivity index (χ2v) is 5.79. The maximum Gasteiger partial charge on any atom is 0.335 e. The fourth-order valence-corrected chi connectivity index (χ4v) is 2.59. The lowest BCUT2D eigenvalue weighted by atomic mass is 10.1. The molecule has 0 fully saturated rings. The van der Waals surface area contributed by atoms with Crippen LogP contribution in [-0.2, 0) is 0 Å². The maximum atomic E-state index is 12.4. The average Bonchev–Trinajstić information content (AvgIpc) is 2.57. The Bertz CT molecular complexity index is 1070. The molecule has 0 aliphatic carbocycles. The number of aromatic carboxylic acids is 1. The van der Waals surface area contributed by atoms with Crippen molar-refractivity contribution in [1.29, 1.82) is 0 Å². The van der Waals surface area contributed by atoms with Crippen LogP contribution in [0, 0.1) is 6.92 Å². The molecule has 0 saturated heterocycles. The SMILES string of the molecule is Cc1cc(C(=O)O)ccc1NC(=O)c1cc(=O)c2cccc(Cl)c2o1. The molecule has 2 N–H and O–H groups in total. The zero-order chi connectivity index (χ0) is 18.1. The zero-order valence-corrected chi connectivity index (χ0v) is 13.8. The number of amides is 1. The summed E-state index contributed by atoms with van der Waals surface area (Å²) in [5.41, 5.74) is 0.845. The molecule has 3 aromatic rings. The van der Waals surface area contributed by atoms with Gasteiger partial charge in [0.2, 0.25) is 0 Å². The van der Waals surface area contributed by atoms with Crippen LogP contribution in [0.1, 0.15) is 26.5 Å². The van der Waals surface area contributed by atoms with Gasteiger partial charge in [0.05, 0.1) is 16.0 Å². The number of hydrogen-bond acceptors (Lipinski definition) is 4. The number of carboxylic acids is 1. The van der Waals surface area contributed by atoms with E-state index in [9.17, 15) is 14.4 Å². The summed E-state index contributed by atoms with van der Waals surface area (Å²) in [7, 11) is 0. The van der Waals surface area contributed by atoms with E-state index in [1.54, 1.807) is 25.1 Å². The Morgan fingerprint density at radius 1 is 1.16 bits per heavy atom. The van der Waals surface area contributed by atoms with Crippen molar-refractivity contribution >= 4 is 40.1 Å². The van der Waals surface area contributed by atoms with Crippen molar-refractivity contribution in [1.82, 2.24) is 0 Å². The molecule has 1 heterocycles. The number of carbonyl (C=O) groups is 2. The van der Waals surface area contributed by atoms with Crippen LogP contribution in [0.15, 0.2) is 51.7 Å². The second-order valence-electron chi connectivity index (χ2n) is 5.38. The minimum Gasteiger partial charge on any atom is -0.478 e. The van der Waals surface area contributed by atoms with Crippen LogP contribution in [-0.4, -0.2) is 17.0 Å². The summed E-state index contributed by atoms with van der Waals surface area (Å²) >= 11 is 6.02. The van der Waals surface area contributed by atoms with Gasteiger partial charge in [0.25, 0.3) is 5.91 Å². The van der Waals surface area contributed by atoms with Crippen LogP contribution < -0.4 is 10.7 Å². The van der Waals surface area contributed by atoms with Crippen molar-refractivity contribution < 1.29 is 19.1 Å². The molecule has 0 unspecified atom stereocenters. The lowest BCUT2D eigenvalue weighted by Gasteiger charge is -2.09. The van der Waals surface area contributed by atoms with Crippen molar-refractivity contribution in [3.05, 3.63) is 74.6 Å². The summed E-state index contributed by atoms with van der Waals surface area (Å²) < 4.78 is 5.47. The van der Waals surface area contributed by atoms with E-state index in [1.807, 2.05) is 0 Å². The van der Waals surface area contributed by atoms with Gasteiger partial charge in [0.1, 0.15) is 0 Å². The van der Waals surface area contributed by atoms with Crippen LogP contribution >= 0.6 is 11.6 Å². The highest BCUT2D eigenvalue weighted by atomic mass is 35.5. The number of para-hydroxylation sites is 1. The molecule has 25 heavy (non-hydrogen) atoms. The summed E-state index contributed by atoms with van der Waals surface area (Å²) in [5.74, 6) is -1.88. The van der Waals surface area contributed by atoms with Crippen molar-refractivity contribution in [2.45, 2.75) is 6.92 Å². The van der Waals surface area contributed by atoms with Gasteiger partial charge < -0.3 is 14.8 Å². The molecule has 7 heteroatoms. The number of rotatable bonds is 3. The van der Waals surface area contributed by atoms with E-state index in [-0.39, 0.29) is 32.7 Å². The molecule has 126 valence electrons. The van der Waals surface area contributed by atoms with Gasteiger partial charge in [-0.2, -0.15) is 0 Å². The van der Waals surface area contributed by atoms with Gasteiger partial charge in [-0.15, -0.1) is 0 Å². The van der Waals surface area contributed by atoms with Crippen LogP contribution in [0.25, 0.3) is 11.0 Å². The zero-order valence-electron chi connectivity index (χ0n) is 13.0. The Morgan fingerprint density at radius 2 is 1.92 bits per heavy atom. The standard InChI is InChI=1S/C18H12ClNO5/c1-9-7-10(18(23)24)5-6-13(9)20-17(22)15-8-14(21)11-3-2-4-12(19)16(11)25-15/h2-8H,1H3,(H,20,22)(H,23,24). The number of nitrogens with one attached hydrogen (secondary N) is 1. The Kier molecular flexibility index (Phi) is 4.29. The largest absolute Gasteiger partial charge is 0.478 e. The molecule has 1 amide bonds. The molecule has 0 spiro atoms. The molecule has 0 radical (unpaired) electrons. The van der Waals surface area contributed by atoms with Gasteiger partial charge in [0, 0.05) is 11.8 Å². The van der Waals surface area contributed by atoms with Gasteiger partial charge >= 0.3 is 5.97 Å². The van der Waals surface area contributed by atoms with E-state index in [0.29, 0.717) is 11.3 Å². The van der Waals surface area contributed by atoms with Crippen molar-refractivity contribution in [3.63, 3.8) is 0 Å². The smallest absolute Gasteiger partial charge is 0.335 e. The lowest BCUT2D eigenvalue weighted by molar-refractivity contribution is 0.0696. The van der Waals surface area contributed by atoms with Gasteiger partial charge in [0.15, 0.2) is 16.8 Å². The van der Waals surface area contributed by atoms with Crippen molar-refractivity contribution in [2.75, 3.05) is 5.32 Å². The number of carbonyl (C=O) groups excluding carboxylic acids is 1. The van der Waals surface area contributed by atoms with Gasteiger partial charge in [-0.3, -0.25) is 9.59 Å². The molecule has 1 aromatic heterocycles. The molecular weight excluding hydrogens is 346 g/mol. The van der Waals surface area contributed by atoms with Crippen LogP contribution in [0.2, 0.25) is 5.02 Å². The van der Waals surface area contributed by atoms with Gasteiger partial charge in [-0.25, -0.2) is 4.79 Å². The first-order valence-corrected chi connectivity index (χ1v) is 7.62. The molecule has 6 nitrogen and oxygen atoms in total. The summed E-state index contributed by atoms with van der Waals surface area (Å²) in [5, 5.41) is 12.1. The summed E-state index contributed by atoms with van der Waals surface area (Å²) in [6.07, 6.45) is 0. The number of carboxylic acid groups (broad SMARTS) is 1. The first kappa shape index (κ1) is 16.7. The Hall–Kier alpha value is -3.12. The minimum absolute atomic E-state index is 0.111. The maximum absolute atomic E-state index is 12.4. The highest BCUT2D eigenvalue weighted by molar-refractivity contribution is 6.34. The van der Waals surface area contributed by atoms with E-state index in [2.05, 4.69) is 5.32 Å². The summed E-state index contributed by atoms with van der Waals surface area (Å²) in [4.78, 5) is 35.5. The van der Waals surface area contributed by atoms with Crippen LogP contribution in [0.3, 0.4) is 0 Å².